The number of aryl methyl sites for hydroxylation is 1. The molecule has 1 saturated carbocycles. The van der Waals surface area contributed by atoms with Crippen LogP contribution in [0.5, 0.6) is 0 Å². The summed E-state index contributed by atoms with van der Waals surface area (Å²) in [6, 6.07) is 8.00. The van der Waals surface area contributed by atoms with Gasteiger partial charge in [-0.15, -0.1) is 6.58 Å². The van der Waals surface area contributed by atoms with E-state index in [-0.39, 0.29) is 12.5 Å². The molecule has 3 heteroatoms. The van der Waals surface area contributed by atoms with Crippen LogP contribution in [0.25, 0.3) is 0 Å². The molecular weight excluding hydrogens is 282 g/mol. The van der Waals surface area contributed by atoms with Gasteiger partial charge in [-0.3, -0.25) is 0 Å². The molecule has 2 rings (SSSR count). The molecule has 0 radical (unpaired) electrons. The Bertz CT molecular complexity index is 447. The SMILES string of the molecule is C=CC1CCC(C(OCc2ccc(CC)cc2)C(F)F)CC1. The Morgan fingerprint density at radius 2 is 1.73 bits per heavy atom. The highest BCUT2D eigenvalue weighted by Gasteiger charge is 2.33. The molecule has 1 aromatic rings. The van der Waals surface area contributed by atoms with E-state index in [4.69, 9.17) is 4.74 Å². The minimum Gasteiger partial charge on any atom is -0.367 e. The second-order valence-electron chi connectivity index (χ2n) is 6.19. The van der Waals surface area contributed by atoms with Crippen LogP contribution in [-0.2, 0) is 17.8 Å². The number of alkyl halides is 2. The number of halogens is 2. The van der Waals surface area contributed by atoms with Gasteiger partial charge in [0.25, 0.3) is 6.43 Å². The first-order chi connectivity index (χ1) is 10.6. The summed E-state index contributed by atoms with van der Waals surface area (Å²) in [6.45, 7) is 6.16. The van der Waals surface area contributed by atoms with Gasteiger partial charge in [0.1, 0.15) is 6.10 Å². The summed E-state index contributed by atoms with van der Waals surface area (Å²) < 4.78 is 32.3. The summed E-state index contributed by atoms with van der Waals surface area (Å²) in [4.78, 5) is 0. The zero-order chi connectivity index (χ0) is 15.9. The van der Waals surface area contributed by atoms with Crippen LogP contribution in [0.1, 0.15) is 43.7 Å². The van der Waals surface area contributed by atoms with E-state index >= 15 is 0 Å². The van der Waals surface area contributed by atoms with Crippen molar-refractivity contribution in [3.8, 4) is 0 Å². The third-order valence-corrected chi connectivity index (χ3v) is 4.74. The van der Waals surface area contributed by atoms with Crippen molar-refractivity contribution in [3.05, 3.63) is 48.0 Å². The molecular formula is C19H26F2O. The summed E-state index contributed by atoms with van der Waals surface area (Å²) in [5.74, 6) is 0.447. The lowest BCUT2D eigenvalue weighted by molar-refractivity contribution is -0.101. The smallest absolute Gasteiger partial charge is 0.264 e. The molecule has 1 fully saturated rings. The van der Waals surface area contributed by atoms with Gasteiger partial charge < -0.3 is 4.74 Å². The number of ether oxygens (including phenoxy) is 1. The Hall–Kier alpha value is -1.22. The van der Waals surface area contributed by atoms with E-state index in [1.165, 1.54) is 5.56 Å². The average molecular weight is 308 g/mol. The first kappa shape index (κ1) is 17.1. The molecule has 1 unspecified atom stereocenters. The van der Waals surface area contributed by atoms with E-state index in [9.17, 15) is 8.78 Å². The molecule has 1 aliphatic carbocycles. The zero-order valence-corrected chi connectivity index (χ0v) is 13.3. The van der Waals surface area contributed by atoms with Gasteiger partial charge in [0.2, 0.25) is 0 Å². The summed E-state index contributed by atoms with van der Waals surface area (Å²) in [5, 5.41) is 0. The van der Waals surface area contributed by atoms with Crippen LogP contribution in [0.4, 0.5) is 8.78 Å². The fourth-order valence-corrected chi connectivity index (χ4v) is 3.19. The monoisotopic (exact) mass is 308 g/mol. The fraction of sp³-hybridized carbons (Fsp3) is 0.579. The first-order valence-electron chi connectivity index (χ1n) is 8.24. The van der Waals surface area contributed by atoms with Crippen LogP contribution < -0.4 is 0 Å². The average Bonchev–Trinajstić information content (AvgIpc) is 2.56. The van der Waals surface area contributed by atoms with Crippen LogP contribution in [0.15, 0.2) is 36.9 Å². The molecule has 1 nitrogen and oxygen atoms in total. The zero-order valence-electron chi connectivity index (χ0n) is 13.3. The van der Waals surface area contributed by atoms with Crippen LogP contribution in [0.2, 0.25) is 0 Å². The van der Waals surface area contributed by atoms with Gasteiger partial charge in [-0.25, -0.2) is 8.78 Å². The van der Waals surface area contributed by atoms with Crippen LogP contribution >= 0.6 is 0 Å². The van der Waals surface area contributed by atoms with Crippen molar-refractivity contribution in [1.82, 2.24) is 0 Å². The molecule has 1 aromatic carbocycles. The molecule has 0 saturated heterocycles. The van der Waals surface area contributed by atoms with E-state index in [1.807, 2.05) is 30.3 Å². The molecule has 22 heavy (non-hydrogen) atoms. The predicted octanol–water partition coefficient (Wildman–Crippen LogP) is 5.39. The summed E-state index contributed by atoms with van der Waals surface area (Å²) >= 11 is 0. The lowest BCUT2D eigenvalue weighted by Gasteiger charge is -2.32. The van der Waals surface area contributed by atoms with Crippen molar-refractivity contribution in [2.24, 2.45) is 11.8 Å². The maximum Gasteiger partial charge on any atom is 0.264 e. The van der Waals surface area contributed by atoms with E-state index < -0.39 is 12.5 Å². The van der Waals surface area contributed by atoms with Crippen LogP contribution in [0, 0.1) is 11.8 Å². The van der Waals surface area contributed by atoms with Gasteiger partial charge in [-0.2, -0.15) is 0 Å². The normalized spacial score (nSPS) is 23.5. The number of allylic oxidation sites excluding steroid dienone is 1. The van der Waals surface area contributed by atoms with Gasteiger partial charge in [0.15, 0.2) is 0 Å². The second-order valence-corrected chi connectivity index (χ2v) is 6.19. The van der Waals surface area contributed by atoms with E-state index in [2.05, 4.69) is 13.5 Å². The minimum absolute atomic E-state index is 0.0360. The standard InChI is InChI=1S/C19H26F2O/c1-3-14-5-7-16(8-6-14)13-22-18(19(20)21)17-11-9-15(4-2)10-12-17/h4-8,15,17-19H,2-3,9-13H2,1H3. The van der Waals surface area contributed by atoms with Crippen LogP contribution in [0.3, 0.4) is 0 Å². The number of benzene rings is 1. The van der Waals surface area contributed by atoms with Gasteiger partial charge in [-0.05, 0) is 55.1 Å². The number of rotatable bonds is 7. The Morgan fingerprint density at radius 1 is 1.14 bits per heavy atom. The van der Waals surface area contributed by atoms with E-state index in [1.54, 1.807) is 0 Å². The second kappa shape index (κ2) is 8.42. The molecule has 0 amide bonds. The molecule has 0 aromatic heterocycles. The maximum absolute atomic E-state index is 13.3. The maximum atomic E-state index is 13.3. The third kappa shape index (κ3) is 4.64. The predicted molar refractivity (Wildman–Crippen MR) is 86.0 cm³/mol. The quantitative estimate of drug-likeness (QED) is 0.613. The fourth-order valence-electron chi connectivity index (χ4n) is 3.19. The van der Waals surface area contributed by atoms with Gasteiger partial charge in [0, 0.05) is 0 Å². The third-order valence-electron chi connectivity index (χ3n) is 4.74. The van der Waals surface area contributed by atoms with Crippen molar-refractivity contribution < 1.29 is 13.5 Å². The van der Waals surface area contributed by atoms with Gasteiger partial charge in [-0.1, -0.05) is 37.3 Å². The Morgan fingerprint density at radius 3 is 2.23 bits per heavy atom. The Kier molecular flexibility index (Phi) is 6.56. The number of hydrogen-bond acceptors (Lipinski definition) is 1. The highest BCUT2D eigenvalue weighted by molar-refractivity contribution is 5.21. The van der Waals surface area contributed by atoms with E-state index in [0.29, 0.717) is 5.92 Å². The summed E-state index contributed by atoms with van der Waals surface area (Å²) in [5.41, 5.74) is 2.21. The molecule has 0 heterocycles. The Balaban J connectivity index is 1.90. The minimum atomic E-state index is -2.42. The summed E-state index contributed by atoms with van der Waals surface area (Å²) in [6.07, 6.45) is 3.08. The summed E-state index contributed by atoms with van der Waals surface area (Å²) in [7, 11) is 0. The first-order valence-corrected chi connectivity index (χ1v) is 8.24. The molecule has 1 aliphatic rings. The van der Waals surface area contributed by atoms with Crippen molar-refractivity contribution in [2.45, 2.75) is 58.2 Å². The highest BCUT2D eigenvalue weighted by atomic mass is 19.3. The van der Waals surface area contributed by atoms with Gasteiger partial charge >= 0.3 is 0 Å². The Labute approximate surface area is 132 Å². The molecule has 0 N–H and O–H groups in total. The van der Waals surface area contributed by atoms with Crippen LogP contribution in [-0.4, -0.2) is 12.5 Å². The van der Waals surface area contributed by atoms with Crippen molar-refractivity contribution in [3.63, 3.8) is 0 Å². The number of hydrogen-bond donors (Lipinski definition) is 0. The van der Waals surface area contributed by atoms with Crippen molar-refractivity contribution in [2.75, 3.05) is 0 Å². The molecule has 1 atom stereocenters. The largest absolute Gasteiger partial charge is 0.367 e. The lowest BCUT2D eigenvalue weighted by atomic mass is 9.79. The molecule has 122 valence electrons. The van der Waals surface area contributed by atoms with Crippen molar-refractivity contribution >= 4 is 0 Å². The molecule has 0 bridgehead atoms. The topological polar surface area (TPSA) is 9.23 Å². The molecule has 0 spiro atoms. The van der Waals surface area contributed by atoms with Gasteiger partial charge in [0.05, 0.1) is 6.61 Å². The van der Waals surface area contributed by atoms with E-state index in [0.717, 1.165) is 37.7 Å². The lowest BCUT2D eigenvalue weighted by Crippen LogP contribution is -2.33. The molecule has 0 aliphatic heterocycles. The highest BCUT2D eigenvalue weighted by Crippen LogP contribution is 2.34. The van der Waals surface area contributed by atoms with Crippen molar-refractivity contribution in [1.29, 1.82) is 0 Å².